The van der Waals surface area contributed by atoms with E-state index < -0.39 is 0 Å². The molecular weight excluding hydrogens is 588 g/mol. The largest absolute Gasteiger partial charge is 2.00 e. The van der Waals surface area contributed by atoms with Crippen molar-refractivity contribution >= 4 is 33.9 Å². The molecule has 0 fully saturated rings. The van der Waals surface area contributed by atoms with Crippen molar-refractivity contribution in [1.29, 1.82) is 0 Å². The zero-order valence-corrected chi connectivity index (χ0v) is 24.1. The third-order valence-corrected chi connectivity index (χ3v) is 7.31. The molecule has 7 rings (SSSR count). The van der Waals surface area contributed by atoms with E-state index in [1.807, 2.05) is 103 Å². The number of aliphatic imine (C=N–C) groups is 3. The first kappa shape index (κ1) is 28.0. The van der Waals surface area contributed by atoms with E-state index >= 15 is 0 Å². The number of aromatic nitrogens is 1. The van der Waals surface area contributed by atoms with E-state index in [2.05, 4.69) is 0 Å². The second-order valence-corrected chi connectivity index (χ2v) is 9.83. The minimum absolute atomic E-state index is 0. The van der Waals surface area contributed by atoms with Crippen molar-refractivity contribution in [2.75, 3.05) is 14.2 Å². The van der Waals surface area contributed by atoms with Crippen LogP contribution in [0, 0.1) is 0 Å². The van der Waals surface area contributed by atoms with Crippen LogP contribution in [0.1, 0.15) is 22.5 Å². The first-order valence-electron chi connectivity index (χ1n) is 13.4. The molecule has 0 N–H and O–H groups in total. The summed E-state index contributed by atoms with van der Waals surface area (Å²) in [5.74, 6) is 1.45. The average Bonchev–Trinajstić information content (AvgIpc) is 3.84. The van der Waals surface area contributed by atoms with E-state index in [-0.39, 0.29) is 17.1 Å². The summed E-state index contributed by atoms with van der Waals surface area (Å²) in [5, 5.41) is 12.5. The molecule has 0 amide bonds. The normalized spacial score (nSPS) is 17.6. The molecule has 0 aliphatic carbocycles. The maximum atomic E-state index is 12.5. The van der Waals surface area contributed by atoms with Gasteiger partial charge in [0.15, 0.2) is 0 Å². The first-order chi connectivity index (χ1) is 20.6. The molecule has 2 aromatic carbocycles. The van der Waals surface area contributed by atoms with Gasteiger partial charge in [0.2, 0.25) is 0 Å². The predicted molar refractivity (Wildman–Crippen MR) is 164 cm³/mol. The Morgan fingerprint density at radius 3 is 2.05 bits per heavy atom. The van der Waals surface area contributed by atoms with Crippen molar-refractivity contribution in [2.45, 2.75) is 0 Å². The third kappa shape index (κ3) is 5.18. The van der Waals surface area contributed by atoms with E-state index in [0.717, 1.165) is 62.9 Å². The summed E-state index contributed by atoms with van der Waals surface area (Å²) in [7, 11) is 3.28. The molecule has 0 atom stereocenters. The van der Waals surface area contributed by atoms with Gasteiger partial charge in [-0.25, -0.2) is 15.0 Å². The number of ether oxygens (including phenoxy) is 2. The SMILES string of the molecule is COc1cccc(C2=C3C=CC(=N3)/C(=C\[O-])c3ccc([n-]3)C(c3cccc(OC)c3)=C3C=CC(=N3)C=C3C=CC2=N3)c1.[Cu+2]. The van der Waals surface area contributed by atoms with Gasteiger partial charge in [0.05, 0.1) is 48.4 Å². The zero-order chi connectivity index (χ0) is 28.6. The zero-order valence-electron chi connectivity index (χ0n) is 23.2. The van der Waals surface area contributed by atoms with Crippen LogP contribution < -0.4 is 19.6 Å². The van der Waals surface area contributed by atoms with Crippen molar-refractivity contribution in [3.63, 3.8) is 0 Å². The molecule has 8 bridgehead atoms. The Bertz CT molecular complexity index is 1960. The van der Waals surface area contributed by atoms with Crippen LogP contribution in [0.15, 0.2) is 142 Å². The van der Waals surface area contributed by atoms with Gasteiger partial charge in [0.1, 0.15) is 11.5 Å². The quantitative estimate of drug-likeness (QED) is 0.289. The van der Waals surface area contributed by atoms with Crippen LogP contribution in [-0.2, 0) is 17.1 Å². The Balaban J connectivity index is 0.00000329. The van der Waals surface area contributed by atoms with Crippen LogP contribution in [0.5, 0.6) is 11.5 Å². The number of methoxy groups -OCH3 is 2. The Hall–Kier alpha value is -5.17. The molecule has 0 saturated heterocycles. The van der Waals surface area contributed by atoms with Gasteiger partial charge in [-0.2, -0.15) is 0 Å². The van der Waals surface area contributed by atoms with Gasteiger partial charge >= 0.3 is 17.1 Å². The van der Waals surface area contributed by atoms with Gasteiger partial charge in [-0.1, -0.05) is 36.4 Å². The number of fused-ring (bicyclic) bond motifs is 5. The standard InChI is InChI=1S/C35H25N4O3.Cu/c1-41-25-7-3-5-21(17-25)34-30-11-9-23(36-30)19-24-10-12-31(37-24)35(22-6-4-8-26(18-22)42-2)33-16-14-29(39-33)27(20-40)28-13-15-32(34)38-28;/h3-20H,1-2H3,(H-,36,37,38,39,40);/q-1;+2/p-1. The van der Waals surface area contributed by atoms with Crippen molar-refractivity contribution in [2.24, 2.45) is 15.0 Å². The van der Waals surface area contributed by atoms with Gasteiger partial charge < -0.3 is 19.6 Å². The van der Waals surface area contributed by atoms with E-state index in [0.29, 0.717) is 28.4 Å². The smallest absolute Gasteiger partial charge is 0.877 e. The monoisotopic (exact) mass is 611 g/mol. The summed E-state index contributed by atoms with van der Waals surface area (Å²) < 4.78 is 11.0. The van der Waals surface area contributed by atoms with Gasteiger partial charge in [-0.15, -0.1) is 17.6 Å². The molecule has 1 radical (unpaired) electrons. The molecule has 4 aliphatic heterocycles. The fraction of sp³-hybridized carbons (Fsp3) is 0.0571. The van der Waals surface area contributed by atoms with E-state index in [1.165, 1.54) is 0 Å². The number of hydrogen-bond donors (Lipinski definition) is 0. The van der Waals surface area contributed by atoms with Crippen LogP contribution in [0.4, 0.5) is 0 Å². The number of hydrogen-bond acceptors (Lipinski definition) is 6. The van der Waals surface area contributed by atoms with Crippen molar-refractivity contribution in [1.82, 2.24) is 4.98 Å². The summed E-state index contributed by atoms with van der Waals surface area (Å²) in [5.41, 5.74) is 9.36. The minimum Gasteiger partial charge on any atom is -0.877 e. The van der Waals surface area contributed by atoms with Crippen LogP contribution in [-0.4, -0.2) is 31.4 Å². The summed E-state index contributed by atoms with van der Waals surface area (Å²) in [6.07, 6.45) is 14.4. The molecule has 1 aromatic heterocycles. The molecule has 0 unspecified atom stereocenters. The van der Waals surface area contributed by atoms with Gasteiger partial charge in [-0.05, 0) is 89.1 Å². The number of rotatable bonds is 4. The van der Waals surface area contributed by atoms with E-state index in [9.17, 15) is 5.11 Å². The van der Waals surface area contributed by atoms with Crippen LogP contribution in [0.25, 0.3) is 16.7 Å². The third-order valence-electron chi connectivity index (χ3n) is 7.31. The molecule has 3 aromatic rings. The summed E-state index contributed by atoms with van der Waals surface area (Å²) in [4.78, 5) is 19.7. The summed E-state index contributed by atoms with van der Waals surface area (Å²) in [6.45, 7) is 0. The summed E-state index contributed by atoms with van der Waals surface area (Å²) in [6, 6.07) is 19.3. The summed E-state index contributed by atoms with van der Waals surface area (Å²) >= 11 is 0. The van der Waals surface area contributed by atoms with Crippen molar-refractivity contribution < 1.29 is 31.6 Å². The van der Waals surface area contributed by atoms with Crippen LogP contribution in [0.2, 0.25) is 0 Å². The Kier molecular flexibility index (Phi) is 7.55. The van der Waals surface area contributed by atoms with Crippen LogP contribution in [0.3, 0.4) is 0 Å². The molecule has 4 aliphatic rings. The van der Waals surface area contributed by atoms with Gasteiger partial charge in [0.25, 0.3) is 0 Å². The molecule has 213 valence electrons. The predicted octanol–water partition coefficient (Wildman–Crippen LogP) is 5.46. The Labute approximate surface area is 259 Å². The number of benzene rings is 2. The molecule has 0 spiro atoms. The van der Waals surface area contributed by atoms with Gasteiger partial charge in [0, 0.05) is 5.57 Å². The minimum atomic E-state index is 0. The fourth-order valence-corrected chi connectivity index (χ4v) is 5.31. The molecule has 0 saturated carbocycles. The maximum Gasteiger partial charge on any atom is 2.00 e. The number of nitrogens with zero attached hydrogens (tertiary/aromatic N) is 4. The fourth-order valence-electron chi connectivity index (χ4n) is 5.31. The Morgan fingerprint density at radius 1 is 0.674 bits per heavy atom. The number of allylic oxidation sites excluding steroid dienone is 9. The van der Waals surface area contributed by atoms with E-state index in [1.54, 1.807) is 14.2 Å². The molecule has 8 heteroatoms. The van der Waals surface area contributed by atoms with Gasteiger partial charge in [-0.3, -0.25) is 0 Å². The van der Waals surface area contributed by atoms with E-state index in [4.69, 9.17) is 29.4 Å². The molecule has 5 heterocycles. The van der Waals surface area contributed by atoms with Crippen LogP contribution >= 0.6 is 0 Å². The average molecular weight is 612 g/mol. The second-order valence-electron chi connectivity index (χ2n) is 9.83. The molecular formula is C35H24CuN4O3. The topological polar surface area (TPSA) is 92.7 Å². The second kappa shape index (κ2) is 11.6. The van der Waals surface area contributed by atoms with Crippen molar-refractivity contribution in [3.05, 3.63) is 149 Å². The first-order valence-corrected chi connectivity index (χ1v) is 13.4. The Morgan fingerprint density at radius 2 is 1.33 bits per heavy atom. The molecule has 43 heavy (non-hydrogen) atoms. The molecule has 7 nitrogen and oxygen atoms in total. The maximum absolute atomic E-state index is 12.5. The van der Waals surface area contributed by atoms with Crippen molar-refractivity contribution in [3.8, 4) is 11.5 Å².